The topological polar surface area (TPSA) is 86.1 Å². The number of carbonyl (C=O) groups excluding carboxylic acids is 1. The van der Waals surface area contributed by atoms with E-state index in [1.807, 2.05) is 37.3 Å². The van der Waals surface area contributed by atoms with Crippen molar-refractivity contribution in [2.75, 3.05) is 10.7 Å². The summed E-state index contributed by atoms with van der Waals surface area (Å²) >= 11 is 0. The molecule has 0 radical (unpaired) electrons. The largest absolute Gasteiger partial charge is 0.410 e. The summed E-state index contributed by atoms with van der Waals surface area (Å²) < 4.78 is 0. The average molecular weight is 310 g/mol. The van der Waals surface area contributed by atoms with Crippen LogP contribution in [-0.2, 0) is 4.79 Å². The van der Waals surface area contributed by atoms with Gasteiger partial charge in [0.05, 0.1) is 11.4 Å². The molecule has 0 saturated heterocycles. The van der Waals surface area contributed by atoms with Gasteiger partial charge in [-0.25, -0.2) is 0 Å². The van der Waals surface area contributed by atoms with Crippen molar-refractivity contribution in [1.29, 1.82) is 0 Å². The Labute approximate surface area is 134 Å². The van der Waals surface area contributed by atoms with Gasteiger partial charge in [-0.3, -0.25) is 10.2 Å². The minimum Gasteiger partial charge on any atom is -0.410 e. The Hall–Kier alpha value is -3.15. The van der Waals surface area contributed by atoms with E-state index in [1.54, 1.807) is 31.2 Å². The van der Waals surface area contributed by atoms with Crippen LogP contribution in [0.1, 0.15) is 12.5 Å². The van der Waals surface area contributed by atoms with Crippen LogP contribution in [0.4, 0.5) is 11.4 Å². The summed E-state index contributed by atoms with van der Waals surface area (Å²) in [6.45, 7) is 3.57. The third-order valence-electron chi connectivity index (χ3n) is 3.09. The number of nitrogens with zero attached hydrogens (tertiary/aromatic N) is 2. The van der Waals surface area contributed by atoms with E-state index in [2.05, 4.69) is 21.0 Å². The van der Waals surface area contributed by atoms with Crippen molar-refractivity contribution in [2.45, 2.75) is 13.8 Å². The predicted octanol–water partition coefficient (Wildman–Crippen LogP) is 3.25. The van der Waals surface area contributed by atoms with Gasteiger partial charge in [-0.2, -0.15) is 5.10 Å². The molecule has 0 aliphatic carbocycles. The summed E-state index contributed by atoms with van der Waals surface area (Å²) in [6, 6.07) is 16.5. The Balaban J connectivity index is 2.05. The molecule has 2 aromatic carbocycles. The van der Waals surface area contributed by atoms with Gasteiger partial charge >= 0.3 is 0 Å². The predicted molar refractivity (Wildman–Crippen MR) is 92.2 cm³/mol. The Kier molecular flexibility index (Phi) is 5.46. The first-order valence-electron chi connectivity index (χ1n) is 7.06. The van der Waals surface area contributed by atoms with Gasteiger partial charge in [-0.1, -0.05) is 41.1 Å². The average Bonchev–Trinajstić information content (AvgIpc) is 2.56. The Morgan fingerprint density at radius 1 is 1.00 bits per heavy atom. The second-order valence-electron chi connectivity index (χ2n) is 4.94. The molecule has 0 spiro atoms. The van der Waals surface area contributed by atoms with Crippen molar-refractivity contribution in [3.05, 3.63) is 60.2 Å². The van der Waals surface area contributed by atoms with E-state index < -0.39 is 5.91 Å². The van der Waals surface area contributed by atoms with Crippen molar-refractivity contribution in [3.8, 4) is 0 Å². The molecule has 6 nitrogen and oxygen atoms in total. The number of nitrogens with one attached hydrogen (secondary N) is 2. The molecule has 0 aromatic heterocycles. The van der Waals surface area contributed by atoms with Gasteiger partial charge in [-0.15, -0.1) is 0 Å². The molecule has 0 fully saturated rings. The van der Waals surface area contributed by atoms with E-state index in [0.29, 0.717) is 5.69 Å². The minimum absolute atomic E-state index is 0.159. The first kappa shape index (κ1) is 16.2. The van der Waals surface area contributed by atoms with Crippen LogP contribution in [0.5, 0.6) is 0 Å². The van der Waals surface area contributed by atoms with E-state index in [-0.39, 0.29) is 11.4 Å². The number of para-hydroxylation sites is 1. The highest BCUT2D eigenvalue weighted by Gasteiger charge is 2.16. The third-order valence-corrected chi connectivity index (χ3v) is 3.09. The van der Waals surface area contributed by atoms with Crippen LogP contribution in [0.3, 0.4) is 0 Å². The summed E-state index contributed by atoms with van der Waals surface area (Å²) in [7, 11) is 0. The SMILES string of the molecule is CC(=N/Nc1ccc(C)cc1)/C(=N\O)C(=O)Nc1ccccc1. The minimum atomic E-state index is -0.536. The maximum absolute atomic E-state index is 12.1. The molecule has 0 heterocycles. The highest BCUT2D eigenvalue weighted by Crippen LogP contribution is 2.09. The second-order valence-corrected chi connectivity index (χ2v) is 4.94. The zero-order valence-corrected chi connectivity index (χ0v) is 12.9. The lowest BCUT2D eigenvalue weighted by atomic mass is 10.2. The van der Waals surface area contributed by atoms with E-state index in [9.17, 15) is 4.79 Å². The van der Waals surface area contributed by atoms with Crippen LogP contribution in [0.25, 0.3) is 0 Å². The van der Waals surface area contributed by atoms with Crippen LogP contribution in [0, 0.1) is 6.92 Å². The van der Waals surface area contributed by atoms with Gasteiger partial charge in [0.2, 0.25) is 0 Å². The fraction of sp³-hybridized carbons (Fsp3) is 0.118. The van der Waals surface area contributed by atoms with Crippen molar-refractivity contribution in [1.82, 2.24) is 0 Å². The number of benzene rings is 2. The molecule has 0 atom stereocenters. The maximum Gasteiger partial charge on any atom is 0.279 e. The Morgan fingerprint density at radius 3 is 2.26 bits per heavy atom. The second kappa shape index (κ2) is 7.74. The van der Waals surface area contributed by atoms with Crippen molar-refractivity contribution >= 4 is 28.7 Å². The monoisotopic (exact) mass is 310 g/mol. The van der Waals surface area contributed by atoms with Crippen LogP contribution in [0.2, 0.25) is 0 Å². The number of aryl methyl sites for hydroxylation is 1. The first-order chi connectivity index (χ1) is 11.1. The summed E-state index contributed by atoms with van der Waals surface area (Å²) in [4.78, 5) is 12.1. The fourth-order valence-electron chi connectivity index (χ4n) is 1.82. The number of rotatable bonds is 5. The number of hydrogen-bond donors (Lipinski definition) is 3. The highest BCUT2D eigenvalue weighted by atomic mass is 16.4. The van der Waals surface area contributed by atoms with Crippen LogP contribution in [0.15, 0.2) is 64.9 Å². The van der Waals surface area contributed by atoms with E-state index in [0.717, 1.165) is 11.3 Å². The van der Waals surface area contributed by atoms with Gasteiger partial charge < -0.3 is 10.5 Å². The number of hydrogen-bond acceptors (Lipinski definition) is 5. The van der Waals surface area contributed by atoms with Crippen LogP contribution < -0.4 is 10.7 Å². The number of oxime groups is 1. The molecule has 118 valence electrons. The smallest absolute Gasteiger partial charge is 0.279 e. The first-order valence-corrected chi connectivity index (χ1v) is 7.06. The molecular formula is C17H18N4O2. The lowest BCUT2D eigenvalue weighted by molar-refractivity contribution is -0.110. The molecule has 23 heavy (non-hydrogen) atoms. The molecule has 3 N–H and O–H groups in total. The molecule has 1 amide bonds. The molecule has 6 heteroatoms. The number of amides is 1. The number of hydrazone groups is 1. The van der Waals surface area contributed by atoms with E-state index in [1.165, 1.54) is 0 Å². The quantitative estimate of drug-likeness (QED) is 0.450. The van der Waals surface area contributed by atoms with Crippen molar-refractivity contribution in [2.24, 2.45) is 10.3 Å². The normalized spacial score (nSPS) is 11.9. The zero-order valence-electron chi connectivity index (χ0n) is 12.9. The molecule has 0 aliphatic rings. The lowest BCUT2D eigenvalue weighted by Gasteiger charge is -2.07. The molecular weight excluding hydrogens is 292 g/mol. The fourth-order valence-corrected chi connectivity index (χ4v) is 1.82. The molecule has 0 saturated carbocycles. The van der Waals surface area contributed by atoms with Gasteiger partial charge in [0, 0.05) is 5.69 Å². The zero-order chi connectivity index (χ0) is 16.7. The standard InChI is InChI=1S/C17H18N4O2/c1-12-8-10-15(11-9-12)20-19-13(2)16(21-23)17(22)18-14-6-4-3-5-7-14/h3-11,20,23H,1-2H3,(H,18,22)/b19-13-,21-16+. The Bertz CT molecular complexity index is 722. The third kappa shape index (κ3) is 4.67. The molecule has 0 unspecified atom stereocenters. The van der Waals surface area contributed by atoms with Gasteiger partial charge in [0.25, 0.3) is 5.91 Å². The van der Waals surface area contributed by atoms with Gasteiger partial charge in [-0.05, 0) is 38.1 Å². The van der Waals surface area contributed by atoms with Crippen LogP contribution in [-0.4, -0.2) is 22.5 Å². The summed E-state index contributed by atoms with van der Waals surface area (Å²) in [6.07, 6.45) is 0. The van der Waals surface area contributed by atoms with Crippen LogP contribution >= 0.6 is 0 Å². The molecule has 0 aliphatic heterocycles. The summed E-state index contributed by atoms with van der Waals surface area (Å²) in [5.41, 5.74) is 5.45. The molecule has 2 aromatic rings. The Morgan fingerprint density at radius 2 is 1.65 bits per heavy atom. The van der Waals surface area contributed by atoms with E-state index >= 15 is 0 Å². The van der Waals surface area contributed by atoms with Crippen molar-refractivity contribution < 1.29 is 10.0 Å². The lowest BCUT2D eigenvalue weighted by Crippen LogP contribution is -2.29. The van der Waals surface area contributed by atoms with Crippen molar-refractivity contribution in [3.63, 3.8) is 0 Å². The number of anilines is 2. The van der Waals surface area contributed by atoms with E-state index in [4.69, 9.17) is 5.21 Å². The molecule has 0 bridgehead atoms. The maximum atomic E-state index is 12.1. The highest BCUT2D eigenvalue weighted by molar-refractivity contribution is 6.68. The summed E-state index contributed by atoms with van der Waals surface area (Å²) in [5, 5.41) is 18.9. The molecule has 2 rings (SSSR count). The van der Waals surface area contributed by atoms with Gasteiger partial charge in [0.15, 0.2) is 5.71 Å². The van der Waals surface area contributed by atoms with Gasteiger partial charge in [0.1, 0.15) is 0 Å². The number of carbonyl (C=O) groups is 1. The summed E-state index contributed by atoms with van der Waals surface area (Å²) in [5.74, 6) is -0.536.